The second-order valence-electron chi connectivity index (χ2n) is 6.87. The van der Waals surface area contributed by atoms with Gasteiger partial charge >= 0.3 is 0 Å². The Labute approximate surface area is 161 Å². The van der Waals surface area contributed by atoms with Crippen molar-refractivity contribution >= 4 is 34.7 Å². The second-order valence-corrected chi connectivity index (χ2v) is 6.87. The number of hydrogen-bond acceptors (Lipinski definition) is 4. The van der Waals surface area contributed by atoms with Gasteiger partial charge in [-0.3, -0.25) is 9.59 Å². The van der Waals surface area contributed by atoms with Crippen LogP contribution in [0.15, 0.2) is 48.7 Å². The van der Waals surface area contributed by atoms with Crippen molar-refractivity contribution in [2.24, 2.45) is 5.92 Å². The van der Waals surface area contributed by atoms with E-state index in [9.17, 15) is 14.7 Å². The first-order chi connectivity index (χ1) is 13.6. The molecule has 0 spiro atoms. The number of carbonyl (C=O) groups excluding carboxylic acids is 2. The van der Waals surface area contributed by atoms with Gasteiger partial charge in [0.1, 0.15) is 17.2 Å². The van der Waals surface area contributed by atoms with Crippen molar-refractivity contribution < 1.29 is 14.7 Å². The number of H-pyrrole nitrogens is 1. The highest BCUT2D eigenvalue weighted by Gasteiger charge is 2.25. The zero-order valence-electron chi connectivity index (χ0n) is 15.3. The largest absolute Gasteiger partial charge is 0.508 e. The summed E-state index contributed by atoms with van der Waals surface area (Å²) in [5.41, 5.74) is 3.38. The molecule has 0 aliphatic carbocycles. The van der Waals surface area contributed by atoms with Crippen molar-refractivity contribution in [3.05, 3.63) is 59.8 Å². The first kappa shape index (κ1) is 17.8. The average Bonchev–Trinajstić information content (AvgIpc) is 3.16. The number of carbonyl (C=O) groups is 2. The van der Waals surface area contributed by atoms with E-state index in [1.54, 1.807) is 17.0 Å². The standard InChI is InChI=1S/C21H20N4O3/c1-13-11-25(21(28)14-2-4-15(27)5-3-14)9-7-16(13)18-10-19(23-12-26)24-20-17(18)6-8-22-20/h2-8,10,12-13,27H,9,11H2,1H3,(H2,22,23,24,26). The predicted octanol–water partition coefficient (Wildman–Crippen LogP) is 3.01. The fraction of sp³-hybridized carbons (Fsp3) is 0.190. The van der Waals surface area contributed by atoms with Crippen molar-refractivity contribution in [1.82, 2.24) is 14.9 Å². The van der Waals surface area contributed by atoms with E-state index in [4.69, 9.17) is 0 Å². The van der Waals surface area contributed by atoms with Crippen LogP contribution in [0.2, 0.25) is 0 Å². The molecule has 3 heterocycles. The minimum Gasteiger partial charge on any atom is -0.508 e. The molecule has 7 nitrogen and oxygen atoms in total. The molecule has 1 atom stereocenters. The maximum absolute atomic E-state index is 12.8. The number of hydrogen-bond donors (Lipinski definition) is 3. The van der Waals surface area contributed by atoms with Gasteiger partial charge in [-0.05, 0) is 53.5 Å². The van der Waals surface area contributed by atoms with Crippen LogP contribution in [0.5, 0.6) is 5.75 Å². The highest BCUT2D eigenvalue weighted by molar-refractivity contribution is 5.96. The number of benzene rings is 1. The summed E-state index contributed by atoms with van der Waals surface area (Å²) in [7, 11) is 0. The zero-order valence-corrected chi connectivity index (χ0v) is 15.3. The highest BCUT2D eigenvalue weighted by atomic mass is 16.3. The SMILES string of the molecule is CC1CN(C(=O)c2ccc(O)cc2)CC=C1c1cc(NC=O)nc2[nH]ccc12. The van der Waals surface area contributed by atoms with Crippen LogP contribution in [0.4, 0.5) is 5.82 Å². The molecule has 0 saturated heterocycles. The topological polar surface area (TPSA) is 98.3 Å². The van der Waals surface area contributed by atoms with E-state index in [0.717, 1.165) is 16.5 Å². The molecular formula is C21H20N4O3. The maximum atomic E-state index is 12.8. The Balaban J connectivity index is 1.65. The lowest BCUT2D eigenvalue weighted by atomic mass is 9.89. The van der Waals surface area contributed by atoms with Crippen molar-refractivity contribution in [3.8, 4) is 5.75 Å². The van der Waals surface area contributed by atoms with E-state index in [2.05, 4.69) is 28.3 Å². The molecule has 3 N–H and O–H groups in total. The average molecular weight is 376 g/mol. The number of nitrogens with zero attached hydrogens (tertiary/aromatic N) is 2. The van der Waals surface area contributed by atoms with Gasteiger partial charge in [-0.25, -0.2) is 4.98 Å². The van der Waals surface area contributed by atoms with E-state index < -0.39 is 0 Å². The third-order valence-electron chi connectivity index (χ3n) is 5.00. The zero-order chi connectivity index (χ0) is 19.7. The summed E-state index contributed by atoms with van der Waals surface area (Å²) < 4.78 is 0. The lowest BCUT2D eigenvalue weighted by molar-refractivity contribution is -0.105. The molecule has 0 saturated carbocycles. The lowest BCUT2D eigenvalue weighted by Crippen LogP contribution is -2.38. The number of phenolic OH excluding ortho intramolecular Hbond substituents is 1. The third-order valence-corrected chi connectivity index (χ3v) is 5.00. The van der Waals surface area contributed by atoms with Crippen molar-refractivity contribution in [3.63, 3.8) is 0 Å². The molecule has 0 radical (unpaired) electrons. The first-order valence-corrected chi connectivity index (χ1v) is 9.04. The minimum atomic E-state index is -0.0630. The van der Waals surface area contributed by atoms with Gasteiger partial charge in [-0.15, -0.1) is 0 Å². The number of nitrogens with one attached hydrogen (secondary N) is 2. The number of amides is 2. The lowest BCUT2D eigenvalue weighted by Gasteiger charge is -2.31. The normalized spacial score (nSPS) is 16.7. The summed E-state index contributed by atoms with van der Waals surface area (Å²) in [6, 6.07) is 10.1. The number of pyridine rings is 1. The van der Waals surface area contributed by atoms with E-state index in [1.807, 2.05) is 18.3 Å². The summed E-state index contributed by atoms with van der Waals surface area (Å²) in [5, 5.41) is 13.0. The van der Waals surface area contributed by atoms with Crippen LogP contribution in [0.1, 0.15) is 22.8 Å². The van der Waals surface area contributed by atoms with Gasteiger partial charge < -0.3 is 20.3 Å². The molecule has 142 valence electrons. The minimum absolute atomic E-state index is 0.0630. The number of rotatable bonds is 4. The molecule has 3 aromatic rings. The van der Waals surface area contributed by atoms with Gasteiger partial charge in [0.25, 0.3) is 5.91 Å². The van der Waals surface area contributed by atoms with Crippen LogP contribution < -0.4 is 5.32 Å². The number of aromatic hydroxyl groups is 1. The Bertz CT molecular complexity index is 1070. The van der Waals surface area contributed by atoms with Gasteiger partial charge in [0.05, 0.1) is 0 Å². The van der Waals surface area contributed by atoms with Gasteiger partial charge in [-0.2, -0.15) is 0 Å². The van der Waals surface area contributed by atoms with Crippen molar-refractivity contribution in [2.75, 3.05) is 18.4 Å². The number of phenols is 1. The van der Waals surface area contributed by atoms with Crippen molar-refractivity contribution in [2.45, 2.75) is 6.92 Å². The molecule has 0 fully saturated rings. The molecule has 1 unspecified atom stereocenters. The van der Waals surface area contributed by atoms with Gasteiger partial charge in [0.2, 0.25) is 6.41 Å². The van der Waals surface area contributed by atoms with E-state index in [0.29, 0.717) is 36.5 Å². The molecule has 2 amide bonds. The smallest absolute Gasteiger partial charge is 0.254 e. The summed E-state index contributed by atoms with van der Waals surface area (Å²) >= 11 is 0. The first-order valence-electron chi connectivity index (χ1n) is 9.04. The second kappa shape index (κ2) is 7.19. The van der Waals surface area contributed by atoms with Crippen LogP contribution in [-0.4, -0.2) is 45.4 Å². The molecular weight excluding hydrogens is 356 g/mol. The Kier molecular flexibility index (Phi) is 4.57. The highest BCUT2D eigenvalue weighted by Crippen LogP contribution is 2.34. The summed E-state index contributed by atoms with van der Waals surface area (Å²) in [6.07, 6.45) is 4.48. The molecule has 1 aromatic carbocycles. The van der Waals surface area contributed by atoms with E-state index in [1.165, 1.54) is 12.1 Å². The third kappa shape index (κ3) is 3.22. The van der Waals surface area contributed by atoms with Crippen molar-refractivity contribution in [1.29, 1.82) is 0 Å². The number of aromatic amines is 1. The molecule has 2 aromatic heterocycles. The van der Waals surface area contributed by atoms with E-state index >= 15 is 0 Å². The quantitative estimate of drug-likeness (QED) is 0.610. The van der Waals surface area contributed by atoms with Crippen LogP contribution in [-0.2, 0) is 4.79 Å². The fourth-order valence-corrected chi connectivity index (χ4v) is 3.65. The summed E-state index contributed by atoms with van der Waals surface area (Å²) in [6.45, 7) is 3.15. The molecule has 28 heavy (non-hydrogen) atoms. The molecule has 1 aliphatic rings. The Morgan fingerprint density at radius 3 is 2.82 bits per heavy atom. The molecule has 7 heteroatoms. The molecule has 1 aliphatic heterocycles. The van der Waals surface area contributed by atoms with Gasteiger partial charge in [0, 0.05) is 30.2 Å². The molecule has 4 rings (SSSR count). The number of fused-ring (bicyclic) bond motifs is 1. The number of aromatic nitrogens is 2. The van der Waals surface area contributed by atoms with Crippen LogP contribution >= 0.6 is 0 Å². The Morgan fingerprint density at radius 2 is 2.11 bits per heavy atom. The van der Waals surface area contributed by atoms with Crippen LogP contribution in [0, 0.1) is 5.92 Å². The Morgan fingerprint density at radius 1 is 1.32 bits per heavy atom. The fourth-order valence-electron chi connectivity index (χ4n) is 3.65. The predicted molar refractivity (Wildman–Crippen MR) is 107 cm³/mol. The Hall–Kier alpha value is -3.61. The summed E-state index contributed by atoms with van der Waals surface area (Å²) in [5.74, 6) is 0.667. The van der Waals surface area contributed by atoms with Crippen LogP contribution in [0.25, 0.3) is 16.6 Å². The van der Waals surface area contributed by atoms with Gasteiger partial charge in [0.15, 0.2) is 0 Å². The summed E-state index contributed by atoms with van der Waals surface area (Å²) in [4.78, 5) is 32.9. The monoisotopic (exact) mass is 376 g/mol. The molecule has 0 bridgehead atoms. The maximum Gasteiger partial charge on any atom is 0.254 e. The number of anilines is 1. The van der Waals surface area contributed by atoms with Gasteiger partial charge in [-0.1, -0.05) is 13.0 Å². The van der Waals surface area contributed by atoms with E-state index in [-0.39, 0.29) is 17.6 Å². The van der Waals surface area contributed by atoms with Crippen LogP contribution in [0.3, 0.4) is 0 Å².